The Kier molecular flexibility index (Phi) is 5.99. The van der Waals surface area contributed by atoms with Crippen molar-refractivity contribution >= 4 is 21.9 Å². The van der Waals surface area contributed by atoms with Crippen LogP contribution in [0.5, 0.6) is 17.2 Å². The molecule has 0 unspecified atom stereocenters. The van der Waals surface area contributed by atoms with E-state index >= 15 is 0 Å². The highest BCUT2D eigenvalue weighted by Gasteiger charge is 2.32. The van der Waals surface area contributed by atoms with Crippen LogP contribution in [0.15, 0.2) is 79.1 Å². The summed E-state index contributed by atoms with van der Waals surface area (Å²) in [4.78, 5) is 26.7. The molecular weight excluding hydrogens is 472 g/mol. The third-order valence-electron chi connectivity index (χ3n) is 6.30. The second kappa shape index (κ2) is 9.17. The van der Waals surface area contributed by atoms with Gasteiger partial charge in [-0.05, 0) is 80.8 Å². The van der Waals surface area contributed by atoms with Gasteiger partial charge in [-0.2, -0.15) is 0 Å². The largest absolute Gasteiger partial charge is 0.507 e. The molecule has 0 spiro atoms. The molecule has 0 fully saturated rings. The van der Waals surface area contributed by atoms with E-state index < -0.39 is 17.2 Å². The van der Waals surface area contributed by atoms with Gasteiger partial charge in [0.15, 0.2) is 0 Å². The van der Waals surface area contributed by atoms with Crippen LogP contribution in [0.25, 0.3) is 21.9 Å². The summed E-state index contributed by atoms with van der Waals surface area (Å²) in [5.74, 6) is -1.26. The number of hydrogen-bond acceptors (Lipinski definition) is 7. The van der Waals surface area contributed by atoms with E-state index in [1.807, 2.05) is 27.7 Å². The zero-order valence-corrected chi connectivity index (χ0v) is 20.9. The van der Waals surface area contributed by atoms with Crippen LogP contribution < -0.4 is 16.0 Å². The summed E-state index contributed by atoms with van der Waals surface area (Å²) < 4.78 is 16.9. The molecule has 37 heavy (non-hydrogen) atoms. The van der Waals surface area contributed by atoms with E-state index in [4.69, 9.17) is 13.6 Å². The summed E-state index contributed by atoms with van der Waals surface area (Å²) in [7, 11) is 0. The lowest BCUT2D eigenvalue weighted by molar-refractivity contribution is 0.242. The van der Waals surface area contributed by atoms with Crippen molar-refractivity contribution in [1.29, 1.82) is 0 Å². The molecule has 2 N–H and O–H groups in total. The molecule has 0 aliphatic carbocycles. The Hall–Kier alpha value is -4.52. The predicted molar refractivity (Wildman–Crippen MR) is 141 cm³/mol. The number of benzene rings is 3. The van der Waals surface area contributed by atoms with Crippen molar-refractivity contribution in [2.24, 2.45) is 0 Å². The Bertz CT molecular complexity index is 1650. The average Bonchev–Trinajstić information content (AvgIpc) is 2.82. The first kappa shape index (κ1) is 24.2. The van der Waals surface area contributed by atoms with E-state index in [1.54, 1.807) is 60.7 Å². The van der Waals surface area contributed by atoms with Crippen molar-refractivity contribution < 1.29 is 23.8 Å². The van der Waals surface area contributed by atoms with E-state index in [9.17, 15) is 19.8 Å². The van der Waals surface area contributed by atoms with E-state index in [0.717, 1.165) is 11.1 Å². The van der Waals surface area contributed by atoms with Crippen molar-refractivity contribution in [2.75, 3.05) is 0 Å². The summed E-state index contributed by atoms with van der Waals surface area (Å²) in [6.07, 6.45) is -0.0540. The van der Waals surface area contributed by atoms with Crippen LogP contribution in [0.3, 0.4) is 0 Å². The molecule has 0 bridgehead atoms. The maximum absolute atomic E-state index is 13.3. The highest BCUT2D eigenvalue weighted by molar-refractivity contribution is 5.87. The van der Waals surface area contributed by atoms with Crippen molar-refractivity contribution in [3.63, 3.8) is 0 Å². The molecule has 0 radical (unpaired) electrons. The van der Waals surface area contributed by atoms with Gasteiger partial charge in [-0.15, -0.1) is 0 Å². The Balaban J connectivity index is 1.83. The minimum absolute atomic E-state index is 0.0540. The van der Waals surface area contributed by atoms with Crippen LogP contribution in [-0.4, -0.2) is 16.3 Å². The third-order valence-corrected chi connectivity index (χ3v) is 6.30. The number of fused-ring (bicyclic) bond motifs is 2. The first-order chi connectivity index (χ1) is 17.6. The molecule has 5 rings (SSSR count). The fourth-order valence-corrected chi connectivity index (χ4v) is 4.61. The maximum Gasteiger partial charge on any atom is 0.344 e. The molecule has 7 nitrogen and oxygen atoms in total. The van der Waals surface area contributed by atoms with Gasteiger partial charge >= 0.3 is 11.3 Å². The van der Waals surface area contributed by atoms with Crippen LogP contribution >= 0.6 is 0 Å². The fourth-order valence-electron chi connectivity index (χ4n) is 4.61. The van der Waals surface area contributed by atoms with Gasteiger partial charge in [0, 0.05) is 0 Å². The number of ether oxygens (including phenoxy) is 1. The number of rotatable bonds is 5. The van der Waals surface area contributed by atoms with E-state index in [1.165, 1.54) is 0 Å². The van der Waals surface area contributed by atoms with Gasteiger partial charge < -0.3 is 23.8 Å². The first-order valence-electron chi connectivity index (χ1n) is 11.9. The molecular formula is C30H26O7. The van der Waals surface area contributed by atoms with Crippen molar-refractivity contribution in [3.05, 3.63) is 109 Å². The van der Waals surface area contributed by atoms with Gasteiger partial charge in [0.25, 0.3) is 0 Å². The molecule has 3 aromatic carbocycles. The van der Waals surface area contributed by atoms with Crippen molar-refractivity contribution in [1.82, 2.24) is 0 Å². The van der Waals surface area contributed by atoms with Crippen molar-refractivity contribution in [2.45, 2.75) is 39.7 Å². The third kappa shape index (κ3) is 4.33. The smallest absolute Gasteiger partial charge is 0.344 e. The highest BCUT2D eigenvalue weighted by Crippen LogP contribution is 2.42. The van der Waals surface area contributed by atoms with Gasteiger partial charge in [0.1, 0.15) is 28.4 Å². The van der Waals surface area contributed by atoms with E-state index in [0.29, 0.717) is 22.1 Å². The molecule has 7 heteroatoms. The van der Waals surface area contributed by atoms with Crippen LogP contribution in [-0.2, 0) is 0 Å². The molecule has 0 aliphatic rings. The summed E-state index contributed by atoms with van der Waals surface area (Å²) in [6.45, 7) is 7.48. The van der Waals surface area contributed by atoms with Gasteiger partial charge in [-0.1, -0.05) is 24.3 Å². The normalized spacial score (nSPS) is 11.6. The van der Waals surface area contributed by atoms with Gasteiger partial charge in [0.2, 0.25) is 0 Å². The maximum atomic E-state index is 13.3. The molecule has 2 aromatic heterocycles. The Morgan fingerprint density at radius 2 is 1.16 bits per heavy atom. The summed E-state index contributed by atoms with van der Waals surface area (Å²) in [5, 5.41) is 23.3. The average molecular weight is 499 g/mol. The topological polar surface area (TPSA) is 110 Å². The van der Waals surface area contributed by atoms with Crippen molar-refractivity contribution in [3.8, 4) is 17.2 Å². The van der Waals surface area contributed by atoms with Crippen LogP contribution in [0.2, 0.25) is 0 Å². The minimum atomic E-state index is -1.18. The van der Waals surface area contributed by atoms with E-state index in [-0.39, 0.29) is 39.9 Å². The number of aromatic hydroxyl groups is 2. The molecule has 0 saturated heterocycles. The minimum Gasteiger partial charge on any atom is -0.507 e. The molecule has 5 aromatic rings. The highest BCUT2D eigenvalue weighted by atomic mass is 16.5. The lowest BCUT2D eigenvalue weighted by Crippen LogP contribution is -2.21. The van der Waals surface area contributed by atoms with Gasteiger partial charge in [-0.3, -0.25) is 0 Å². The van der Waals surface area contributed by atoms with Gasteiger partial charge in [0.05, 0.1) is 33.9 Å². The molecule has 0 saturated carbocycles. The molecule has 0 aliphatic heterocycles. The molecule has 188 valence electrons. The van der Waals surface area contributed by atoms with E-state index in [2.05, 4.69) is 0 Å². The molecule has 0 atom stereocenters. The van der Waals surface area contributed by atoms with Crippen LogP contribution in [0, 0.1) is 13.8 Å². The zero-order valence-electron chi connectivity index (χ0n) is 20.9. The molecule has 2 heterocycles. The number of aryl methyl sites for hydroxylation is 2. The SMILES string of the molecule is Cc1ccc2c(O)c(C(c3ccc(OC(C)C)cc3)c3c(O)c4ccc(C)cc4oc3=O)c(=O)oc2c1. The Morgan fingerprint density at radius 1 is 0.703 bits per heavy atom. The lowest BCUT2D eigenvalue weighted by Gasteiger charge is -2.20. The lowest BCUT2D eigenvalue weighted by atomic mass is 9.84. The fraction of sp³-hybridized carbons (Fsp3) is 0.200. The quantitative estimate of drug-likeness (QED) is 0.291. The van der Waals surface area contributed by atoms with Gasteiger partial charge in [-0.25, -0.2) is 9.59 Å². The number of hydrogen-bond donors (Lipinski definition) is 2. The zero-order chi connectivity index (χ0) is 26.4. The summed E-state index contributed by atoms with van der Waals surface area (Å²) in [6, 6.07) is 16.9. The van der Waals surface area contributed by atoms with Crippen LogP contribution in [0.1, 0.15) is 47.6 Å². The Morgan fingerprint density at radius 3 is 1.59 bits per heavy atom. The predicted octanol–water partition coefficient (Wildman–Crippen LogP) is 5.89. The standard InChI is InChI=1S/C30H26O7/c1-15(2)35-19-9-7-18(8-10-19)24(25-27(31)20-11-5-16(3)13-22(20)36-29(25)33)26-28(32)21-12-6-17(4)14-23(21)37-30(26)34/h5-15,24,31-32H,1-4H3. The summed E-state index contributed by atoms with van der Waals surface area (Å²) >= 11 is 0. The summed E-state index contributed by atoms with van der Waals surface area (Å²) in [5.41, 5.74) is 0.584. The Labute approximate surface area is 212 Å². The molecule has 0 amide bonds. The monoisotopic (exact) mass is 498 g/mol. The van der Waals surface area contributed by atoms with Crippen LogP contribution in [0.4, 0.5) is 0 Å². The second-order valence-electron chi connectivity index (χ2n) is 9.47. The second-order valence-corrected chi connectivity index (χ2v) is 9.47. The first-order valence-corrected chi connectivity index (χ1v) is 11.9.